The molecule has 2 aromatic carbocycles. The number of hydrogen-bond acceptors (Lipinski definition) is 3. The third-order valence-electron chi connectivity index (χ3n) is 4.41. The first kappa shape index (κ1) is 20.8. The van der Waals surface area contributed by atoms with Crippen molar-refractivity contribution in [1.82, 2.24) is 0 Å². The number of aryl methyl sites for hydroxylation is 1. The monoisotopic (exact) mass is 369 g/mol. The Morgan fingerprint density at radius 1 is 1.00 bits per heavy atom. The second-order valence-electron chi connectivity index (χ2n) is 6.70. The molecule has 0 unspecified atom stereocenters. The van der Waals surface area contributed by atoms with Crippen LogP contribution < -0.4 is 14.8 Å². The molecule has 27 heavy (non-hydrogen) atoms. The molecule has 4 heteroatoms. The highest BCUT2D eigenvalue weighted by Gasteiger charge is 2.19. The maximum atomic E-state index is 12.5. The zero-order valence-corrected chi connectivity index (χ0v) is 16.7. The van der Waals surface area contributed by atoms with Crippen LogP contribution in [0.3, 0.4) is 0 Å². The molecule has 2 rings (SSSR count). The second-order valence-corrected chi connectivity index (χ2v) is 6.70. The molecule has 0 aromatic heterocycles. The molecular formula is C23H31NO3. The molecule has 0 heterocycles. The Balaban J connectivity index is 1.85. The van der Waals surface area contributed by atoms with Gasteiger partial charge in [0.25, 0.3) is 5.91 Å². The van der Waals surface area contributed by atoms with Crippen LogP contribution >= 0.6 is 0 Å². The zero-order chi connectivity index (χ0) is 19.5. The molecule has 0 spiro atoms. The lowest BCUT2D eigenvalue weighted by molar-refractivity contribution is -0.122. The summed E-state index contributed by atoms with van der Waals surface area (Å²) in [6, 6.07) is 15.2. The van der Waals surface area contributed by atoms with Crippen LogP contribution in [0.15, 0.2) is 48.5 Å². The molecule has 0 aliphatic carbocycles. The topological polar surface area (TPSA) is 47.6 Å². The molecule has 0 radical (unpaired) electrons. The second kappa shape index (κ2) is 11.3. The van der Waals surface area contributed by atoms with Crippen molar-refractivity contribution >= 4 is 11.6 Å². The quantitative estimate of drug-likeness (QED) is 0.513. The molecule has 1 atom stereocenters. The van der Waals surface area contributed by atoms with Crippen LogP contribution in [-0.2, 0) is 4.79 Å². The van der Waals surface area contributed by atoms with Gasteiger partial charge in [0.1, 0.15) is 11.5 Å². The van der Waals surface area contributed by atoms with Crippen molar-refractivity contribution in [2.75, 3.05) is 11.9 Å². The molecular weight excluding hydrogens is 338 g/mol. The number of amides is 1. The molecule has 0 aliphatic rings. The van der Waals surface area contributed by atoms with E-state index in [1.54, 1.807) is 0 Å². The zero-order valence-electron chi connectivity index (χ0n) is 16.7. The third kappa shape index (κ3) is 6.97. The van der Waals surface area contributed by atoms with Gasteiger partial charge in [0.05, 0.1) is 6.61 Å². The molecule has 0 fully saturated rings. The summed E-state index contributed by atoms with van der Waals surface area (Å²) < 4.78 is 11.6. The SMILES string of the molecule is CCCCCCOc1ccc(NC(=O)[C@@H](CC)Oc2ccccc2C)cc1. The van der Waals surface area contributed by atoms with Crippen molar-refractivity contribution < 1.29 is 14.3 Å². The summed E-state index contributed by atoms with van der Waals surface area (Å²) in [5, 5.41) is 2.92. The lowest BCUT2D eigenvalue weighted by Crippen LogP contribution is -2.32. The van der Waals surface area contributed by atoms with Crippen molar-refractivity contribution in [2.24, 2.45) is 0 Å². The third-order valence-corrected chi connectivity index (χ3v) is 4.41. The minimum absolute atomic E-state index is 0.144. The first-order chi connectivity index (χ1) is 13.1. The van der Waals surface area contributed by atoms with Gasteiger partial charge in [-0.2, -0.15) is 0 Å². The number of ether oxygens (including phenoxy) is 2. The number of unbranched alkanes of at least 4 members (excludes halogenated alkanes) is 3. The van der Waals surface area contributed by atoms with Crippen molar-refractivity contribution in [3.63, 3.8) is 0 Å². The summed E-state index contributed by atoms with van der Waals surface area (Å²) in [7, 11) is 0. The van der Waals surface area contributed by atoms with Crippen LogP contribution in [0.25, 0.3) is 0 Å². The number of rotatable bonds is 11. The largest absolute Gasteiger partial charge is 0.494 e. The smallest absolute Gasteiger partial charge is 0.265 e. The molecule has 0 aliphatic heterocycles. The molecule has 1 amide bonds. The van der Waals surface area contributed by atoms with Gasteiger partial charge >= 0.3 is 0 Å². The van der Waals surface area contributed by atoms with Crippen LogP contribution in [0.4, 0.5) is 5.69 Å². The Morgan fingerprint density at radius 2 is 1.74 bits per heavy atom. The number of carbonyl (C=O) groups is 1. The normalized spacial score (nSPS) is 11.7. The summed E-state index contributed by atoms with van der Waals surface area (Å²) in [6.07, 6.45) is 4.81. The van der Waals surface area contributed by atoms with Gasteiger partial charge in [-0.1, -0.05) is 51.3 Å². The van der Waals surface area contributed by atoms with E-state index in [0.29, 0.717) is 6.42 Å². The Bertz CT molecular complexity index is 697. The predicted octanol–water partition coefficient (Wildman–Crippen LogP) is 5.75. The van der Waals surface area contributed by atoms with Crippen molar-refractivity contribution in [3.8, 4) is 11.5 Å². The Hall–Kier alpha value is -2.49. The van der Waals surface area contributed by atoms with Gasteiger partial charge in [-0.25, -0.2) is 0 Å². The van der Waals surface area contributed by atoms with Gasteiger partial charge < -0.3 is 14.8 Å². The number of carbonyl (C=O) groups excluding carboxylic acids is 1. The van der Waals surface area contributed by atoms with Crippen LogP contribution in [0.5, 0.6) is 11.5 Å². The fraction of sp³-hybridized carbons (Fsp3) is 0.435. The minimum Gasteiger partial charge on any atom is -0.494 e. The van der Waals surface area contributed by atoms with E-state index in [-0.39, 0.29) is 5.91 Å². The average Bonchev–Trinajstić information content (AvgIpc) is 2.68. The van der Waals surface area contributed by atoms with E-state index in [9.17, 15) is 4.79 Å². The molecule has 1 N–H and O–H groups in total. The fourth-order valence-electron chi connectivity index (χ4n) is 2.74. The molecule has 0 saturated heterocycles. The molecule has 0 saturated carbocycles. The van der Waals surface area contributed by atoms with E-state index in [2.05, 4.69) is 12.2 Å². The lowest BCUT2D eigenvalue weighted by atomic mass is 10.2. The number of para-hydroxylation sites is 1. The average molecular weight is 370 g/mol. The van der Waals surface area contributed by atoms with Gasteiger partial charge in [-0.3, -0.25) is 4.79 Å². The van der Waals surface area contributed by atoms with Crippen molar-refractivity contribution in [3.05, 3.63) is 54.1 Å². The maximum absolute atomic E-state index is 12.5. The molecule has 146 valence electrons. The summed E-state index contributed by atoms with van der Waals surface area (Å²) in [4.78, 5) is 12.5. The van der Waals surface area contributed by atoms with E-state index in [1.807, 2.05) is 62.4 Å². The van der Waals surface area contributed by atoms with Crippen molar-refractivity contribution in [2.45, 2.75) is 59.0 Å². The van der Waals surface area contributed by atoms with Crippen LogP contribution in [-0.4, -0.2) is 18.6 Å². The Morgan fingerprint density at radius 3 is 2.41 bits per heavy atom. The Labute approximate surface area is 162 Å². The van der Waals surface area contributed by atoms with Gasteiger partial charge in [-0.15, -0.1) is 0 Å². The van der Waals surface area contributed by atoms with Crippen LogP contribution in [0, 0.1) is 6.92 Å². The highest BCUT2D eigenvalue weighted by atomic mass is 16.5. The van der Waals surface area contributed by atoms with E-state index < -0.39 is 6.10 Å². The van der Waals surface area contributed by atoms with Gasteiger partial charge in [-0.05, 0) is 55.7 Å². The first-order valence-corrected chi connectivity index (χ1v) is 9.90. The first-order valence-electron chi connectivity index (χ1n) is 9.90. The molecule has 0 bridgehead atoms. The number of anilines is 1. The lowest BCUT2D eigenvalue weighted by Gasteiger charge is -2.18. The summed E-state index contributed by atoms with van der Waals surface area (Å²) in [5.41, 5.74) is 1.76. The van der Waals surface area contributed by atoms with Gasteiger partial charge in [0.15, 0.2) is 6.10 Å². The highest BCUT2D eigenvalue weighted by Crippen LogP contribution is 2.20. The van der Waals surface area contributed by atoms with Gasteiger partial charge in [0.2, 0.25) is 0 Å². The minimum atomic E-state index is -0.527. The van der Waals surface area contributed by atoms with Crippen LogP contribution in [0.1, 0.15) is 51.5 Å². The predicted molar refractivity (Wildman–Crippen MR) is 111 cm³/mol. The van der Waals surface area contributed by atoms with E-state index in [0.717, 1.165) is 35.8 Å². The number of benzene rings is 2. The fourth-order valence-corrected chi connectivity index (χ4v) is 2.74. The maximum Gasteiger partial charge on any atom is 0.265 e. The highest BCUT2D eigenvalue weighted by molar-refractivity contribution is 5.94. The van der Waals surface area contributed by atoms with E-state index in [1.165, 1.54) is 19.3 Å². The summed E-state index contributed by atoms with van der Waals surface area (Å²) in [6.45, 7) is 6.84. The summed E-state index contributed by atoms with van der Waals surface area (Å²) in [5.74, 6) is 1.42. The van der Waals surface area contributed by atoms with E-state index >= 15 is 0 Å². The molecule has 2 aromatic rings. The van der Waals surface area contributed by atoms with Crippen LogP contribution in [0.2, 0.25) is 0 Å². The van der Waals surface area contributed by atoms with Gasteiger partial charge in [0, 0.05) is 5.69 Å². The molecule has 4 nitrogen and oxygen atoms in total. The summed E-state index contributed by atoms with van der Waals surface area (Å²) >= 11 is 0. The van der Waals surface area contributed by atoms with Crippen molar-refractivity contribution in [1.29, 1.82) is 0 Å². The number of hydrogen-bond donors (Lipinski definition) is 1. The Kier molecular flexibility index (Phi) is 8.69. The standard InChI is InChI=1S/C23H31NO3/c1-4-6-7-10-17-26-20-15-13-19(14-16-20)24-23(25)21(5-2)27-22-12-9-8-11-18(22)3/h8-9,11-16,21H,4-7,10,17H2,1-3H3,(H,24,25)/t21-/m1/s1. The van der Waals surface area contributed by atoms with E-state index in [4.69, 9.17) is 9.47 Å². The number of nitrogens with one attached hydrogen (secondary N) is 1.